The maximum absolute atomic E-state index is 14.6. The van der Waals surface area contributed by atoms with Gasteiger partial charge in [0.15, 0.2) is 0 Å². The lowest BCUT2D eigenvalue weighted by molar-refractivity contribution is 0.182. The van der Waals surface area contributed by atoms with Crippen LogP contribution in [0.2, 0.25) is 0 Å². The Morgan fingerprint density at radius 1 is 1.00 bits per heavy atom. The molecule has 0 amide bonds. The number of unbranched alkanes of at least 4 members (excludes halogenated alkanes) is 1. The maximum Gasteiger partial charge on any atom is 0.210 e. The van der Waals surface area contributed by atoms with Crippen LogP contribution in [0.1, 0.15) is 31.7 Å². The van der Waals surface area contributed by atoms with E-state index in [9.17, 15) is 14.6 Å². The van der Waals surface area contributed by atoms with Crippen molar-refractivity contribution in [2.45, 2.75) is 32.3 Å². The Balaban J connectivity index is 1.70. The molecule has 0 bridgehead atoms. The minimum absolute atomic E-state index is 0.0143. The molecule has 2 N–H and O–H groups in total. The molecule has 1 aromatic heterocycles. The van der Waals surface area contributed by atoms with Crippen LogP contribution in [0, 0.1) is 5.82 Å². The Bertz CT molecular complexity index is 932. The molecule has 3 aromatic rings. The SMILES string of the molecule is CC(O)CCCC=Cc1ccc(-c2ccc(-c3ccc(O)nc3)cc2)c(F)c1. The second-order valence-electron chi connectivity index (χ2n) is 6.90. The van der Waals surface area contributed by atoms with Crippen molar-refractivity contribution in [2.75, 3.05) is 0 Å². The molecule has 1 atom stereocenters. The summed E-state index contributed by atoms with van der Waals surface area (Å²) in [4.78, 5) is 3.88. The Morgan fingerprint density at radius 3 is 2.36 bits per heavy atom. The van der Waals surface area contributed by atoms with E-state index in [1.165, 1.54) is 6.07 Å². The lowest BCUT2D eigenvalue weighted by Gasteiger charge is -2.07. The van der Waals surface area contributed by atoms with Gasteiger partial charge in [-0.15, -0.1) is 0 Å². The van der Waals surface area contributed by atoms with Crippen molar-refractivity contribution < 1.29 is 14.6 Å². The van der Waals surface area contributed by atoms with Crippen LogP contribution in [0.15, 0.2) is 66.9 Å². The number of aliphatic hydroxyl groups is 1. The Labute approximate surface area is 164 Å². The van der Waals surface area contributed by atoms with Gasteiger partial charge in [0.2, 0.25) is 5.88 Å². The van der Waals surface area contributed by atoms with Gasteiger partial charge in [0.1, 0.15) is 5.82 Å². The standard InChI is InChI=1S/C24H24FNO2/c1-17(27)5-3-2-4-6-18-7-13-22(23(25)15-18)20-10-8-19(9-11-20)21-12-14-24(28)26-16-21/h4,6-17,27H,2-3,5H2,1H3,(H,26,28). The van der Waals surface area contributed by atoms with E-state index in [0.29, 0.717) is 5.56 Å². The molecule has 28 heavy (non-hydrogen) atoms. The number of halogens is 1. The normalized spacial score (nSPS) is 12.4. The molecule has 1 unspecified atom stereocenters. The van der Waals surface area contributed by atoms with Gasteiger partial charge in [-0.3, -0.25) is 0 Å². The van der Waals surface area contributed by atoms with Crippen LogP contribution in [0.4, 0.5) is 4.39 Å². The number of aromatic hydroxyl groups is 1. The molecule has 0 saturated carbocycles. The van der Waals surface area contributed by atoms with E-state index in [-0.39, 0.29) is 17.8 Å². The molecule has 0 radical (unpaired) electrons. The van der Waals surface area contributed by atoms with Gasteiger partial charge in [-0.2, -0.15) is 0 Å². The van der Waals surface area contributed by atoms with E-state index in [4.69, 9.17) is 0 Å². The van der Waals surface area contributed by atoms with Crippen LogP contribution in [-0.4, -0.2) is 21.3 Å². The summed E-state index contributed by atoms with van der Waals surface area (Å²) < 4.78 is 14.6. The molecule has 0 aliphatic rings. The largest absolute Gasteiger partial charge is 0.493 e. The summed E-state index contributed by atoms with van der Waals surface area (Å²) in [6, 6.07) is 16.2. The number of aliphatic hydroxyl groups excluding tert-OH is 1. The first kappa shape index (κ1) is 19.8. The monoisotopic (exact) mass is 377 g/mol. The summed E-state index contributed by atoms with van der Waals surface area (Å²) in [5.41, 5.74) is 4.03. The first-order valence-corrected chi connectivity index (χ1v) is 9.43. The summed E-state index contributed by atoms with van der Waals surface area (Å²) in [7, 11) is 0. The van der Waals surface area contributed by atoms with E-state index >= 15 is 0 Å². The first-order valence-electron chi connectivity index (χ1n) is 9.43. The zero-order valence-electron chi connectivity index (χ0n) is 15.8. The average Bonchev–Trinajstić information content (AvgIpc) is 2.68. The predicted molar refractivity (Wildman–Crippen MR) is 111 cm³/mol. The molecular formula is C24H24FNO2. The zero-order chi connectivity index (χ0) is 19.9. The topological polar surface area (TPSA) is 53.4 Å². The highest BCUT2D eigenvalue weighted by Crippen LogP contribution is 2.27. The van der Waals surface area contributed by atoms with Crippen LogP contribution in [0.25, 0.3) is 28.3 Å². The number of nitrogens with zero attached hydrogens (tertiary/aromatic N) is 1. The van der Waals surface area contributed by atoms with E-state index in [1.807, 2.05) is 42.5 Å². The summed E-state index contributed by atoms with van der Waals surface area (Å²) >= 11 is 0. The quantitative estimate of drug-likeness (QED) is 0.510. The van der Waals surface area contributed by atoms with Gasteiger partial charge >= 0.3 is 0 Å². The van der Waals surface area contributed by atoms with E-state index in [0.717, 1.165) is 41.5 Å². The fraction of sp³-hybridized carbons (Fsp3) is 0.208. The van der Waals surface area contributed by atoms with Gasteiger partial charge in [0.05, 0.1) is 6.10 Å². The third kappa shape index (κ3) is 5.27. The summed E-state index contributed by atoms with van der Waals surface area (Å²) in [5.74, 6) is -0.273. The minimum Gasteiger partial charge on any atom is -0.493 e. The third-order valence-electron chi connectivity index (χ3n) is 4.57. The Hall–Kier alpha value is -2.98. The van der Waals surface area contributed by atoms with Crippen molar-refractivity contribution in [2.24, 2.45) is 0 Å². The fourth-order valence-electron chi connectivity index (χ4n) is 3.02. The molecule has 1 heterocycles. The summed E-state index contributed by atoms with van der Waals surface area (Å²) in [5, 5.41) is 18.5. The Morgan fingerprint density at radius 2 is 1.71 bits per heavy atom. The average molecular weight is 377 g/mol. The number of benzene rings is 2. The number of pyridine rings is 1. The van der Waals surface area contributed by atoms with Crippen molar-refractivity contribution in [3.63, 3.8) is 0 Å². The smallest absolute Gasteiger partial charge is 0.210 e. The van der Waals surface area contributed by atoms with Crippen LogP contribution in [0.3, 0.4) is 0 Å². The number of hydrogen-bond acceptors (Lipinski definition) is 3. The van der Waals surface area contributed by atoms with Crippen molar-refractivity contribution >= 4 is 6.08 Å². The number of hydrogen-bond donors (Lipinski definition) is 2. The highest BCUT2D eigenvalue weighted by molar-refractivity contribution is 5.71. The van der Waals surface area contributed by atoms with Gasteiger partial charge in [0.25, 0.3) is 0 Å². The number of rotatable bonds is 7. The molecule has 2 aromatic carbocycles. The van der Waals surface area contributed by atoms with Gasteiger partial charge in [-0.05, 0) is 55.0 Å². The second-order valence-corrected chi connectivity index (χ2v) is 6.90. The highest BCUT2D eigenvalue weighted by atomic mass is 19.1. The molecule has 144 valence electrons. The number of allylic oxidation sites excluding steroid dienone is 1. The van der Waals surface area contributed by atoms with Crippen molar-refractivity contribution in [3.05, 3.63) is 78.3 Å². The number of aromatic nitrogens is 1. The summed E-state index contributed by atoms with van der Waals surface area (Å²) in [6.07, 6.45) is 7.80. The minimum atomic E-state index is -0.276. The molecule has 0 aliphatic heterocycles. The van der Waals surface area contributed by atoms with Crippen LogP contribution in [-0.2, 0) is 0 Å². The van der Waals surface area contributed by atoms with E-state index in [1.54, 1.807) is 31.3 Å². The van der Waals surface area contributed by atoms with E-state index in [2.05, 4.69) is 4.98 Å². The lowest BCUT2D eigenvalue weighted by atomic mass is 9.99. The molecule has 0 saturated heterocycles. The van der Waals surface area contributed by atoms with Gasteiger partial charge in [0, 0.05) is 23.4 Å². The second kappa shape index (κ2) is 9.29. The van der Waals surface area contributed by atoms with Gasteiger partial charge in [-0.1, -0.05) is 48.6 Å². The predicted octanol–water partition coefficient (Wildman–Crippen LogP) is 5.82. The lowest BCUT2D eigenvalue weighted by Crippen LogP contribution is -1.97. The fourth-order valence-corrected chi connectivity index (χ4v) is 3.02. The zero-order valence-corrected chi connectivity index (χ0v) is 15.8. The van der Waals surface area contributed by atoms with Crippen LogP contribution >= 0.6 is 0 Å². The van der Waals surface area contributed by atoms with Crippen LogP contribution in [0.5, 0.6) is 5.88 Å². The molecule has 4 heteroatoms. The van der Waals surface area contributed by atoms with E-state index < -0.39 is 0 Å². The van der Waals surface area contributed by atoms with Gasteiger partial charge in [-0.25, -0.2) is 9.37 Å². The van der Waals surface area contributed by atoms with Crippen molar-refractivity contribution in [1.82, 2.24) is 4.98 Å². The van der Waals surface area contributed by atoms with Crippen molar-refractivity contribution in [3.8, 4) is 28.1 Å². The molecule has 0 aliphatic carbocycles. The van der Waals surface area contributed by atoms with Gasteiger partial charge < -0.3 is 10.2 Å². The molecule has 0 spiro atoms. The van der Waals surface area contributed by atoms with Crippen LogP contribution < -0.4 is 0 Å². The molecular weight excluding hydrogens is 353 g/mol. The summed E-state index contributed by atoms with van der Waals surface area (Å²) in [6.45, 7) is 1.78. The highest BCUT2D eigenvalue weighted by Gasteiger charge is 2.06. The maximum atomic E-state index is 14.6. The molecule has 0 fully saturated rings. The van der Waals surface area contributed by atoms with Crippen molar-refractivity contribution in [1.29, 1.82) is 0 Å². The first-order chi connectivity index (χ1) is 13.5. The molecule has 3 nitrogen and oxygen atoms in total. The molecule has 3 rings (SSSR count). The Kier molecular flexibility index (Phi) is 6.56. The third-order valence-corrected chi connectivity index (χ3v) is 4.57.